The molecule has 0 amide bonds. The number of rotatable bonds is 4. The molecule has 3 heteroatoms. The van der Waals surface area contributed by atoms with Crippen molar-refractivity contribution < 1.29 is 4.74 Å². The summed E-state index contributed by atoms with van der Waals surface area (Å²) in [5.74, 6) is 1.50. The lowest BCUT2D eigenvalue weighted by Gasteiger charge is -2.10. The molecule has 0 aliphatic rings. The van der Waals surface area contributed by atoms with Gasteiger partial charge in [0.1, 0.15) is 11.6 Å². The van der Waals surface area contributed by atoms with Crippen molar-refractivity contribution >= 4 is 5.82 Å². The van der Waals surface area contributed by atoms with E-state index in [1.54, 1.807) is 6.20 Å². The molecule has 1 aromatic carbocycles. The van der Waals surface area contributed by atoms with Crippen molar-refractivity contribution in [3.05, 3.63) is 53.7 Å². The van der Waals surface area contributed by atoms with Crippen LogP contribution in [0, 0.1) is 0 Å². The van der Waals surface area contributed by atoms with Crippen LogP contribution in [0.1, 0.15) is 18.1 Å². The second kappa shape index (κ2) is 5.34. The minimum Gasteiger partial charge on any atom is -0.494 e. The van der Waals surface area contributed by atoms with E-state index in [0.29, 0.717) is 12.4 Å². The molecule has 0 saturated carbocycles. The van der Waals surface area contributed by atoms with Gasteiger partial charge in [-0.3, -0.25) is 0 Å². The molecule has 0 saturated heterocycles. The monoisotopic (exact) mass is 228 g/mol. The van der Waals surface area contributed by atoms with Crippen LogP contribution in [-0.4, -0.2) is 11.6 Å². The molecule has 0 atom stereocenters. The second-order valence-corrected chi connectivity index (χ2v) is 3.77. The summed E-state index contributed by atoms with van der Waals surface area (Å²) in [7, 11) is 0. The van der Waals surface area contributed by atoms with Gasteiger partial charge in [0.25, 0.3) is 0 Å². The van der Waals surface area contributed by atoms with Gasteiger partial charge in [0, 0.05) is 12.6 Å². The van der Waals surface area contributed by atoms with E-state index in [1.807, 2.05) is 37.3 Å². The Balaban J connectivity index is 2.27. The smallest absolute Gasteiger partial charge is 0.126 e. The Morgan fingerprint density at radius 1 is 1.12 bits per heavy atom. The molecule has 0 aliphatic carbocycles. The number of nitrogen functional groups attached to an aromatic ring is 1. The molecule has 17 heavy (non-hydrogen) atoms. The molecule has 2 N–H and O–H groups in total. The van der Waals surface area contributed by atoms with E-state index in [0.717, 1.165) is 23.3 Å². The normalized spacial score (nSPS) is 10.2. The first-order chi connectivity index (χ1) is 8.31. The average molecular weight is 228 g/mol. The van der Waals surface area contributed by atoms with E-state index < -0.39 is 0 Å². The van der Waals surface area contributed by atoms with Crippen molar-refractivity contribution in [3.8, 4) is 5.75 Å². The molecular formula is C14H16N2O. The minimum absolute atomic E-state index is 0.582. The van der Waals surface area contributed by atoms with Gasteiger partial charge in [0.2, 0.25) is 0 Å². The van der Waals surface area contributed by atoms with Crippen molar-refractivity contribution in [2.24, 2.45) is 0 Å². The van der Waals surface area contributed by atoms with Crippen LogP contribution in [0.25, 0.3) is 0 Å². The summed E-state index contributed by atoms with van der Waals surface area (Å²) in [4.78, 5) is 4.09. The van der Waals surface area contributed by atoms with Crippen LogP contribution in [0.4, 0.5) is 5.82 Å². The lowest BCUT2D eigenvalue weighted by molar-refractivity contribution is 0.337. The molecule has 88 valence electrons. The highest BCUT2D eigenvalue weighted by Gasteiger charge is 2.06. The highest BCUT2D eigenvalue weighted by atomic mass is 16.5. The minimum atomic E-state index is 0.582. The lowest BCUT2D eigenvalue weighted by Crippen LogP contribution is -2.01. The van der Waals surface area contributed by atoms with E-state index in [4.69, 9.17) is 10.5 Å². The zero-order chi connectivity index (χ0) is 12.1. The number of hydrogen-bond acceptors (Lipinski definition) is 3. The largest absolute Gasteiger partial charge is 0.494 e. The fourth-order valence-electron chi connectivity index (χ4n) is 1.75. The van der Waals surface area contributed by atoms with Crippen LogP contribution in [0.5, 0.6) is 5.75 Å². The predicted molar refractivity (Wildman–Crippen MR) is 69.1 cm³/mol. The first-order valence-corrected chi connectivity index (χ1v) is 5.71. The fourth-order valence-corrected chi connectivity index (χ4v) is 1.75. The molecular weight excluding hydrogens is 212 g/mol. The summed E-state index contributed by atoms with van der Waals surface area (Å²) in [5.41, 5.74) is 8.00. The van der Waals surface area contributed by atoms with Crippen LogP contribution >= 0.6 is 0 Å². The van der Waals surface area contributed by atoms with Crippen molar-refractivity contribution in [1.82, 2.24) is 4.98 Å². The van der Waals surface area contributed by atoms with Gasteiger partial charge in [0.05, 0.1) is 6.61 Å². The Morgan fingerprint density at radius 2 is 1.88 bits per heavy atom. The van der Waals surface area contributed by atoms with Gasteiger partial charge in [-0.15, -0.1) is 0 Å². The first-order valence-electron chi connectivity index (χ1n) is 5.71. The number of anilines is 1. The predicted octanol–water partition coefficient (Wildman–Crippen LogP) is 2.65. The number of aromatic nitrogens is 1. The van der Waals surface area contributed by atoms with Crippen LogP contribution < -0.4 is 10.5 Å². The zero-order valence-electron chi connectivity index (χ0n) is 9.89. The van der Waals surface area contributed by atoms with E-state index in [1.165, 1.54) is 0 Å². The summed E-state index contributed by atoms with van der Waals surface area (Å²) in [6.07, 6.45) is 2.45. The maximum atomic E-state index is 5.84. The van der Waals surface area contributed by atoms with Crippen molar-refractivity contribution in [3.63, 3.8) is 0 Å². The Morgan fingerprint density at radius 3 is 2.65 bits per heavy atom. The van der Waals surface area contributed by atoms with Gasteiger partial charge in [0.15, 0.2) is 0 Å². The van der Waals surface area contributed by atoms with Gasteiger partial charge >= 0.3 is 0 Å². The number of nitrogens with zero attached hydrogens (tertiary/aromatic N) is 1. The topological polar surface area (TPSA) is 48.1 Å². The maximum absolute atomic E-state index is 5.84. The molecule has 3 nitrogen and oxygen atoms in total. The van der Waals surface area contributed by atoms with E-state index in [2.05, 4.69) is 11.1 Å². The highest BCUT2D eigenvalue weighted by molar-refractivity contribution is 5.45. The number of para-hydroxylation sites is 1. The number of hydrogen-bond donors (Lipinski definition) is 1. The van der Waals surface area contributed by atoms with Crippen LogP contribution in [0.2, 0.25) is 0 Å². The summed E-state index contributed by atoms with van der Waals surface area (Å²) < 4.78 is 5.59. The molecule has 0 spiro atoms. The number of nitrogens with two attached hydrogens (primary N) is 1. The summed E-state index contributed by atoms with van der Waals surface area (Å²) in [6.45, 7) is 2.65. The number of pyridine rings is 1. The third kappa shape index (κ3) is 2.75. The van der Waals surface area contributed by atoms with Gasteiger partial charge in [-0.2, -0.15) is 0 Å². The molecule has 1 aromatic heterocycles. The Hall–Kier alpha value is -2.03. The van der Waals surface area contributed by atoms with E-state index in [-0.39, 0.29) is 0 Å². The second-order valence-electron chi connectivity index (χ2n) is 3.77. The van der Waals surface area contributed by atoms with E-state index >= 15 is 0 Å². The third-order valence-corrected chi connectivity index (χ3v) is 2.58. The standard InChI is InChI=1S/C14H16N2O/c1-2-17-13-8-4-3-6-11(13)10-12-7-5-9-16-14(12)15/h3-9H,2,10H2,1H3,(H2,15,16). The summed E-state index contributed by atoms with van der Waals surface area (Å²) >= 11 is 0. The Bertz CT molecular complexity index is 497. The van der Waals surface area contributed by atoms with Crippen LogP contribution in [0.15, 0.2) is 42.6 Å². The van der Waals surface area contributed by atoms with Crippen molar-refractivity contribution in [2.75, 3.05) is 12.3 Å². The molecule has 2 rings (SSSR count). The van der Waals surface area contributed by atoms with Gasteiger partial charge in [-0.1, -0.05) is 24.3 Å². The van der Waals surface area contributed by atoms with Gasteiger partial charge in [-0.25, -0.2) is 4.98 Å². The molecule has 0 aliphatic heterocycles. The highest BCUT2D eigenvalue weighted by Crippen LogP contribution is 2.22. The molecule has 0 fully saturated rings. The molecule has 0 unspecified atom stereocenters. The number of ether oxygens (including phenoxy) is 1. The van der Waals surface area contributed by atoms with Crippen molar-refractivity contribution in [2.45, 2.75) is 13.3 Å². The zero-order valence-corrected chi connectivity index (χ0v) is 9.89. The number of benzene rings is 1. The van der Waals surface area contributed by atoms with Gasteiger partial charge < -0.3 is 10.5 Å². The van der Waals surface area contributed by atoms with Crippen molar-refractivity contribution in [1.29, 1.82) is 0 Å². The van der Waals surface area contributed by atoms with Crippen LogP contribution in [-0.2, 0) is 6.42 Å². The SMILES string of the molecule is CCOc1ccccc1Cc1cccnc1N. The molecule has 2 aromatic rings. The quantitative estimate of drug-likeness (QED) is 0.875. The average Bonchev–Trinajstić information content (AvgIpc) is 2.35. The maximum Gasteiger partial charge on any atom is 0.126 e. The fraction of sp³-hybridized carbons (Fsp3) is 0.214. The molecule has 0 bridgehead atoms. The third-order valence-electron chi connectivity index (χ3n) is 2.58. The Kier molecular flexibility index (Phi) is 3.60. The Labute approximate surface area is 101 Å². The molecule has 1 heterocycles. The molecule has 0 radical (unpaired) electrons. The summed E-state index contributed by atoms with van der Waals surface area (Å²) in [5, 5.41) is 0. The first kappa shape index (κ1) is 11.5. The summed E-state index contributed by atoms with van der Waals surface area (Å²) in [6, 6.07) is 11.9. The van der Waals surface area contributed by atoms with Crippen LogP contribution in [0.3, 0.4) is 0 Å². The lowest BCUT2D eigenvalue weighted by atomic mass is 10.0. The van der Waals surface area contributed by atoms with E-state index in [9.17, 15) is 0 Å². The van der Waals surface area contributed by atoms with Gasteiger partial charge in [-0.05, 0) is 30.2 Å².